The van der Waals surface area contributed by atoms with Crippen LogP contribution in [0, 0.1) is 0 Å². The fourth-order valence-electron chi connectivity index (χ4n) is 0.910. The number of pyridine rings is 1. The summed E-state index contributed by atoms with van der Waals surface area (Å²) in [4.78, 5) is 24.2. The number of anilines is 1. The van der Waals surface area contributed by atoms with Crippen LogP contribution in [0.3, 0.4) is 0 Å². The van der Waals surface area contributed by atoms with Gasteiger partial charge in [-0.15, -0.1) is 0 Å². The lowest BCUT2D eigenvalue weighted by atomic mass is 10.2. The highest BCUT2D eigenvalue weighted by atomic mass is 35.5. The smallest absolute Gasteiger partial charge is 0.262 e. The monoisotopic (exact) mass is 186 g/mol. The SMILES string of the molecule is CC(=O)c1c(N)cc(Cl)[nH]c1=O. The molecule has 0 spiro atoms. The average Bonchev–Trinajstić information content (AvgIpc) is 1.82. The molecule has 1 aromatic heterocycles. The molecule has 0 aromatic carbocycles. The molecule has 0 saturated heterocycles. The Hall–Kier alpha value is -1.29. The highest BCUT2D eigenvalue weighted by molar-refractivity contribution is 6.29. The zero-order valence-electron chi connectivity index (χ0n) is 6.35. The van der Waals surface area contributed by atoms with Crippen LogP contribution in [-0.2, 0) is 0 Å². The van der Waals surface area contributed by atoms with Crippen molar-refractivity contribution < 1.29 is 4.79 Å². The Morgan fingerprint density at radius 1 is 1.67 bits per heavy atom. The van der Waals surface area contributed by atoms with Gasteiger partial charge in [0.1, 0.15) is 10.7 Å². The molecule has 0 unspecified atom stereocenters. The van der Waals surface area contributed by atoms with Crippen molar-refractivity contribution in [3.8, 4) is 0 Å². The van der Waals surface area contributed by atoms with Gasteiger partial charge < -0.3 is 10.7 Å². The first-order chi connectivity index (χ1) is 5.52. The number of carbonyl (C=O) groups is 1. The van der Waals surface area contributed by atoms with Crippen LogP contribution in [0.4, 0.5) is 5.69 Å². The molecule has 1 aromatic rings. The highest BCUT2D eigenvalue weighted by Gasteiger charge is 2.10. The molecular weight excluding hydrogens is 180 g/mol. The first kappa shape index (κ1) is 8.80. The summed E-state index contributed by atoms with van der Waals surface area (Å²) in [5, 5.41) is 0.127. The van der Waals surface area contributed by atoms with Crippen LogP contribution in [-0.4, -0.2) is 10.8 Å². The number of ketones is 1. The van der Waals surface area contributed by atoms with E-state index in [1.54, 1.807) is 0 Å². The van der Waals surface area contributed by atoms with Gasteiger partial charge in [-0.3, -0.25) is 9.59 Å². The quantitative estimate of drug-likeness (QED) is 0.504. The molecule has 0 radical (unpaired) electrons. The first-order valence-electron chi connectivity index (χ1n) is 3.21. The molecule has 0 amide bonds. The second kappa shape index (κ2) is 2.98. The molecule has 0 aliphatic rings. The van der Waals surface area contributed by atoms with Crippen molar-refractivity contribution in [2.45, 2.75) is 6.92 Å². The second-order valence-electron chi connectivity index (χ2n) is 2.33. The molecule has 1 heterocycles. The zero-order chi connectivity index (χ0) is 9.30. The van der Waals surface area contributed by atoms with Gasteiger partial charge in [0.15, 0.2) is 5.78 Å². The molecule has 0 bridgehead atoms. The predicted molar refractivity (Wildman–Crippen MR) is 46.5 cm³/mol. The third-order valence-corrected chi connectivity index (χ3v) is 1.59. The van der Waals surface area contributed by atoms with E-state index >= 15 is 0 Å². The van der Waals surface area contributed by atoms with Gasteiger partial charge in [0.25, 0.3) is 5.56 Å². The summed E-state index contributed by atoms with van der Waals surface area (Å²) < 4.78 is 0. The number of rotatable bonds is 1. The van der Waals surface area contributed by atoms with Crippen LogP contribution in [0.15, 0.2) is 10.9 Å². The number of aromatic nitrogens is 1. The lowest BCUT2D eigenvalue weighted by Crippen LogP contribution is -2.18. The minimum atomic E-state index is -0.549. The molecule has 5 heteroatoms. The van der Waals surface area contributed by atoms with Gasteiger partial charge in [0.2, 0.25) is 0 Å². The van der Waals surface area contributed by atoms with Gasteiger partial charge >= 0.3 is 0 Å². The third-order valence-electron chi connectivity index (χ3n) is 1.38. The van der Waals surface area contributed by atoms with E-state index in [9.17, 15) is 9.59 Å². The van der Waals surface area contributed by atoms with E-state index in [-0.39, 0.29) is 22.2 Å². The number of nitrogens with two attached hydrogens (primary N) is 1. The second-order valence-corrected chi connectivity index (χ2v) is 2.74. The summed E-state index contributed by atoms with van der Waals surface area (Å²) in [5.41, 5.74) is 4.91. The summed E-state index contributed by atoms with van der Waals surface area (Å²) >= 11 is 5.48. The number of aromatic amines is 1. The average molecular weight is 187 g/mol. The molecule has 0 fully saturated rings. The Kier molecular flexibility index (Phi) is 2.19. The van der Waals surface area contributed by atoms with E-state index in [0.29, 0.717) is 0 Å². The maximum absolute atomic E-state index is 11.1. The van der Waals surface area contributed by atoms with Gasteiger partial charge in [-0.1, -0.05) is 11.6 Å². The van der Waals surface area contributed by atoms with Crippen molar-refractivity contribution in [2.24, 2.45) is 0 Å². The Labute approximate surface area is 73.3 Å². The number of nitrogens with one attached hydrogen (secondary N) is 1. The van der Waals surface area contributed by atoms with E-state index in [2.05, 4.69) is 4.98 Å². The Balaban J connectivity index is 3.49. The molecule has 12 heavy (non-hydrogen) atoms. The molecule has 1 rings (SSSR count). The van der Waals surface area contributed by atoms with Crippen LogP contribution in [0.25, 0.3) is 0 Å². The van der Waals surface area contributed by atoms with E-state index in [0.717, 1.165) is 0 Å². The largest absolute Gasteiger partial charge is 0.398 e. The van der Waals surface area contributed by atoms with Gasteiger partial charge in [-0.05, 0) is 13.0 Å². The first-order valence-corrected chi connectivity index (χ1v) is 3.59. The summed E-state index contributed by atoms with van der Waals surface area (Å²) in [6.45, 7) is 1.27. The summed E-state index contributed by atoms with van der Waals surface area (Å²) in [6.07, 6.45) is 0. The Morgan fingerprint density at radius 3 is 2.67 bits per heavy atom. The predicted octanol–water partition coefficient (Wildman–Crippen LogP) is 0.813. The summed E-state index contributed by atoms with van der Waals surface area (Å²) in [6, 6.07) is 1.33. The van der Waals surface area contributed by atoms with Gasteiger partial charge in [0, 0.05) is 0 Å². The lowest BCUT2D eigenvalue weighted by molar-refractivity contribution is 0.101. The van der Waals surface area contributed by atoms with Crippen molar-refractivity contribution >= 4 is 23.1 Å². The molecule has 0 aliphatic carbocycles. The molecule has 3 N–H and O–H groups in total. The van der Waals surface area contributed by atoms with Crippen LogP contribution >= 0.6 is 11.6 Å². The van der Waals surface area contributed by atoms with E-state index in [4.69, 9.17) is 17.3 Å². The van der Waals surface area contributed by atoms with E-state index in [1.165, 1.54) is 13.0 Å². The van der Waals surface area contributed by atoms with Crippen LogP contribution in [0.2, 0.25) is 5.15 Å². The molecule has 4 nitrogen and oxygen atoms in total. The van der Waals surface area contributed by atoms with Gasteiger partial charge in [0.05, 0.1) is 5.69 Å². The number of Topliss-reactive ketones (excluding diaryl/α,β-unsaturated/α-hetero) is 1. The number of halogens is 1. The maximum atomic E-state index is 11.1. The fourth-order valence-corrected chi connectivity index (χ4v) is 1.11. The summed E-state index contributed by atoms with van der Waals surface area (Å²) in [5.74, 6) is -0.370. The lowest BCUT2D eigenvalue weighted by Gasteiger charge is -1.99. The van der Waals surface area contributed by atoms with Crippen molar-refractivity contribution in [3.63, 3.8) is 0 Å². The maximum Gasteiger partial charge on any atom is 0.262 e. The van der Waals surface area contributed by atoms with Crippen LogP contribution in [0.5, 0.6) is 0 Å². The Morgan fingerprint density at radius 2 is 2.25 bits per heavy atom. The normalized spacial score (nSPS) is 9.83. The van der Waals surface area contributed by atoms with Crippen molar-refractivity contribution in [2.75, 3.05) is 5.73 Å². The Bertz CT molecular complexity index is 383. The van der Waals surface area contributed by atoms with Gasteiger partial charge in [-0.2, -0.15) is 0 Å². The standard InChI is InChI=1S/C7H7ClN2O2/c1-3(11)6-4(9)2-5(8)10-7(6)12/h2H,1H3,(H3,9,10,12). The van der Waals surface area contributed by atoms with Gasteiger partial charge in [-0.25, -0.2) is 0 Å². The third kappa shape index (κ3) is 1.48. The number of hydrogen-bond acceptors (Lipinski definition) is 3. The molecule has 0 atom stereocenters. The zero-order valence-corrected chi connectivity index (χ0v) is 7.11. The number of nitrogen functional groups attached to an aromatic ring is 1. The molecule has 0 saturated carbocycles. The molecule has 64 valence electrons. The minimum Gasteiger partial charge on any atom is -0.398 e. The van der Waals surface area contributed by atoms with E-state index in [1.807, 2.05) is 0 Å². The van der Waals surface area contributed by atoms with Crippen molar-refractivity contribution in [1.82, 2.24) is 4.98 Å². The van der Waals surface area contributed by atoms with Crippen molar-refractivity contribution in [1.29, 1.82) is 0 Å². The number of hydrogen-bond donors (Lipinski definition) is 2. The van der Waals surface area contributed by atoms with Crippen LogP contribution in [0.1, 0.15) is 17.3 Å². The number of H-pyrrole nitrogens is 1. The van der Waals surface area contributed by atoms with Crippen molar-refractivity contribution in [3.05, 3.63) is 27.1 Å². The highest BCUT2D eigenvalue weighted by Crippen LogP contribution is 2.11. The van der Waals surface area contributed by atoms with E-state index < -0.39 is 5.56 Å². The molecular formula is C7H7ClN2O2. The minimum absolute atomic E-state index is 0.0422. The molecule has 0 aliphatic heterocycles. The van der Waals surface area contributed by atoms with Crippen LogP contribution < -0.4 is 11.3 Å². The summed E-state index contributed by atoms with van der Waals surface area (Å²) in [7, 11) is 0. The topological polar surface area (TPSA) is 76.0 Å². The number of carbonyl (C=O) groups excluding carboxylic acids is 1. The fraction of sp³-hybridized carbons (Fsp3) is 0.143.